The molecule has 0 fully saturated rings. The molecular weight excluding hydrogens is 224 g/mol. The van der Waals surface area contributed by atoms with Gasteiger partial charge in [0, 0.05) is 23.6 Å². The Bertz CT molecular complexity index is 327. The van der Waals surface area contributed by atoms with Crippen molar-refractivity contribution in [3.8, 4) is 0 Å². The first-order valence-corrected chi connectivity index (χ1v) is 5.77. The van der Waals surface area contributed by atoms with Crippen LogP contribution in [-0.4, -0.2) is 22.6 Å². The minimum Gasteiger partial charge on any atom is -0.468 e. The van der Waals surface area contributed by atoms with E-state index in [0.29, 0.717) is 5.03 Å². The van der Waals surface area contributed by atoms with E-state index in [1.165, 1.54) is 7.11 Å². The maximum absolute atomic E-state index is 11.0. The number of halogens is 1. The highest BCUT2D eigenvalue weighted by molar-refractivity contribution is 8.21. The van der Waals surface area contributed by atoms with Gasteiger partial charge < -0.3 is 9.30 Å². The minimum atomic E-state index is -0.289. The van der Waals surface area contributed by atoms with Crippen LogP contribution in [0.5, 0.6) is 0 Å². The largest absolute Gasteiger partial charge is 0.468 e. The third kappa shape index (κ3) is 2.65. The van der Waals surface area contributed by atoms with Gasteiger partial charge in [-0.3, -0.25) is 4.79 Å². The fraction of sp³-hybridized carbons (Fsp3) is 0.500. The van der Waals surface area contributed by atoms with Crippen molar-refractivity contribution >= 4 is 27.6 Å². The lowest BCUT2D eigenvalue weighted by molar-refractivity contribution is -0.141. The van der Waals surface area contributed by atoms with Crippen molar-refractivity contribution in [2.75, 3.05) is 7.11 Å². The third-order valence-corrected chi connectivity index (χ3v) is 2.59. The zero-order chi connectivity index (χ0) is 10.6. The van der Waals surface area contributed by atoms with Crippen LogP contribution < -0.4 is 0 Å². The summed E-state index contributed by atoms with van der Waals surface area (Å²) >= 11 is 0. The quantitative estimate of drug-likeness (QED) is 0.746. The van der Waals surface area contributed by atoms with E-state index in [0.717, 1.165) is 23.2 Å². The van der Waals surface area contributed by atoms with Gasteiger partial charge in [-0.1, -0.05) is 6.92 Å². The van der Waals surface area contributed by atoms with Crippen molar-refractivity contribution in [1.29, 1.82) is 0 Å². The van der Waals surface area contributed by atoms with E-state index in [9.17, 15) is 4.79 Å². The van der Waals surface area contributed by atoms with Gasteiger partial charge in [-0.2, -0.15) is 0 Å². The molecule has 1 aromatic heterocycles. The zero-order valence-corrected chi connectivity index (χ0v) is 9.56. The highest BCUT2D eigenvalue weighted by Gasteiger charge is 2.09. The zero-order valence-electron chi connectivity index (χ0n) is 7.99. The topological polar surface area (TPSA) is 44.1 Å². The van der Waals surface area contributed by atoms with Crippen molar-refractivity contribution in [3.05, 3.63) is 12.0 Å². The number of carbonyl (C=O) groups excluding carboxylic acids is 1. The molecule has 0 saturated heterocycles. The maximum Gasteiger partial charge on any atom is 0.325 e. The number of aryl methyl sites for hydroxylation is 1. The molecule has 1 heterocycles. The number of aromatic nitrogens is 2. The van der Waals surface area contributed by atoms with Crippen LogP contribution in [0.3, 0.4) is 0 Å². The van der Waals surface area contributed by atoms with E-state index in [2.05, 4.69) is 9.72 Å². The van der Waals surface area contributed by atoms with Crippen LogP contribution in [0.2, 0.25) is 0 Å². The maximum atomic E-state index is 11.0. The molecular formula is C8H11ClN2O2S. The Morgan fingerprint density at radius 3 is 3.00 bits per heavy atom. The Morgan fingerprint density at radius 2 is 2.50 bits per heavy atom. The molecule has 6 heteroatoms. The van der Waals surface area contributed by atoms with Gasteiger partial charge in [-0.15, -0.1) is 0 Å². The summed E-state index contributed by atoms with van der Waals surface area (Å²) in [5, 5.41) is 0.701. The van der Waals surface area contributed by atoms with E-state index >= 15 is 0 Å². The molecule has 0 saturated carbocycles. The minimum absolute atomic E-state index is 0.185. The second-order valence-electron chi connectivity index (χ2n) is 2.63. The Morgan fingerprint density at radius 1 is 1.79 bits per heavy atom. The Kier molecular flexibility index (Phi) is 4.28. The SMILES string of the molecule is CCc1nc(SCl)cn1CC(=O)OC. The highest BCUT2D eigenvalue weighted by atomic mass is 35.7. The molecule has 4 nitrogen and oxygen atoms in total. The fourth-order valence-electron chi connectivity index (χ4n) is 1.09. The number of carbonyl (C=O) groups is 1. The molecule has 0 spiro atoms. The number of hydrogen-bond acceptors (Lipinski definition) is 4. The molecule has 0 amide bonds. The molecule has 0 aliphatic rings. The van der Waals surface area contributed by atoms with Gasteiger partial charge in [0.15, 0.2) is 0 Å². The molecule has 14 heavy (non-hydrogen) atoms. The number of methoxy groups -OCH3 is 1. The molecule has 0 atom stereocenters. The van der Waals surface area contributed by atoms with Gasteiger partial charge in [-0.05, 0) is 10.7 Å². The summed E-state index contributed by atoms with van der Waals surface area (Å²) < 4.78 is 6.32. The predicted molar refractivity (Wildman–Crippen MR) is 55.3 cm³/mol. The molecule has 78 valence electrons. The highest BCUT2D eigenvalue weighted by Crippen LogP contribution is 2.21. The predicted octanol–water partition coefficient (Wildman–Crippen LogP) is 1.86. The molecule has 0 bridgehead atoms. The number of esters is 1. The smallest absolute Gasteiger partial charge is 0.325 e. The second kappa shape index (κ2) is 5.26. The molecule has 0 aliphatic heterocycles. The Labute approximate surface area is 91.1 Å². The lowest BCUT2D eigenvalue weighted by Crippen LogP contribution is -2.12. The normalized spacial score (nSPS) is 10.2. The summed E-state index contributed by atoms with van der Waals surface area (Å²) in [6.07, 6.45) is 2.50. The molecule has 0 aliphatic carbocycles. The molecule has 0 unspecified atom stereocenters. The third-order valence-electron chi connectivity index (χ3n) is 1.76. The summed E-state index contributed by atoms with van der Waals surface area (Å²) in [6.45, 7) is 2.16. The molecule has 1 aromatic rings. The molecule has 0 N–H and O–H groups in total. The average molecular weight is 235 g/mol. The van der Waals surface area contributed by atoms with Gasteiger partial charge in [0.2, 0.25) is 0 Å². The number of rotatable bonds is 4. The van der Waals surface area contributed by atoms with Gasteiger partial charge in [0.25, 0.3) is 0 Å². The molecule has 1 rings (SSSR count). The summed E-state index contributed by atoms with van der Waals surface area (Å²) in [6, 6.07) is 0. The van der Waals surface area contributed by atoms with Crippen LogP contribution in [0, 0.1) is 0 Å². The van der Waals surface area contributed by atoms with Gasteiger partial charge in [0.1, 0.15) is 17.4 Å². The first-order valence-electron chi connectivity index (χ1n) is 4.12. The van der Waals surface area contributed by atoms with Crippen LogP contribution in [0.15, 0.2) is 11.2 Å². The standard InChI is InChI=1S/C8H11ClN2O2S/c1-3-6-10-7(14-9)4-11(6)5-8(12)13-2/h4H,3,5H2,1-2H3. The molecule has 0 radical (unpaired) electrons. The van der Waals surface area contributed by atoms with Crippen LogP contribution in [0.4, 0.5) is 0 Å². The van der Waals surface area contributed by atoms with Crippen molar-refractivity contribution in [1.82, 2.24) is 9.55 Å². The Balaban J connectivity index is 2.83. The van der Waals surface area contributed by atoms with Crippen LogP contribution >= 0.6 is 21.7 Å². The monoisotopic (exact) mass is 234 g/mol. The van der Waals surface area contributed by atoms with Crippen molar-refractivity contribution in [2.24, 2.45) is 0 Å². The first kappa shape index (κ1) is 11.4. The van der Waals surface area contributed by atoms with Crippen LogP contribution in [-0.2, 0) is 22.5 Å². The summed E-state index contributed by atoms with van der Waals surface area (Å²) in [7, 11) is 7.97. The van der Waals surface area contributed by atoms with Crippen molar-refractivity contribution in [2.45, 2.75) is 24.9 Å². The van der Waals surface area contributed by atoms with Crippen molar-refractivity contribution < 1.29 is 9.53 Å². The second-order valence-corrected chi connectivity index (χ2v) is 3.67. The van der Waals surface area contributed by atoms with Crippen LogP contribution in [0.25, 0.3) is 0 Å². The Hall–Kier alpha value is -0.680. The summed E-state index contributed by atoms with van der Waals surface area (Å²) in [5.74, 6) is 0.543. The van der Waals surface area contributed by atoms with E-state index in [4.69, 9.17) is 10.7 Å². The van der Waals surface area contributed by atoms with Gasteiger partial charge in [0.05, 0.1) is 7.11 Å². The lowest BCUT2D eigenvalue weighted by atomic mass is 10.4. The van der Waals surface area contributed by atoms with E-state index < -0.39 is 0 Å². The van der Waals surface area contributed by atoms with E-state index in [1.54, 1.807) is 10.8 Å². The van der Waals surface area contributed by atoms with Crippen molar-refractivity contribution in [3.63, 3.8) is 0 Å². The van der Waals surface area contributed by atoms with E-state index in [-0.39, 0.29) is 12.5 Å². The fourth-order valence-corrected chi connectivity index (χ4v) is 1.62. The van der Waals surface area contributed by atoms with Gasteiger partial charge in [-0.25, -0.2) is 4.98 Å². The number of hydrogen-bond donors (Lipinski definition) is 0. The summed E-state index contributed by atoms with van der Waals surface area (Å²) in [4.78, 5) is 15.3. The van der Waals surface area contributed by atoms with Crippen LogP contribution in [0.1, 0.15) is 12.7 Å². The average Bonchev–Trinajstić information content (AvgIpc) is 2.60. The lowest BCUT2D eigenvalue weighted by Gasteiger charge is -2.03. The number of ether oxygens (including phenoxy) is 1. The van der Waals surface area contributed by atoms with E-state index in [1.807, 2.05) is 6.92 Å². The number of nitrogens with zero attached hydrogens (tertiary/aromatic N) is 2. The summed E-state index contributed by atoms with van der Waals surface area (Å²) in [5.41, 5.74) is 0. The van der Waals surface area contributed by atoms with Gasteiger partial charge >= 0.3 is 5.97 Å². The first-order chi connectivity index (χ1) is 6.71. The molecule has 0 aromatic carbocycles. The number of imidazole rings is 1.